The molecule has 4 rings (SSSR count). The molecule has 0 saturated carbocycles. The fourth-order valence-electron chi connectivity index (χ4n) is 2.87. The van der Waals surface area contributed by atoms with Gasteiger partial charge in [0, 0.05) is 23.1 Å². The fraction of sp³-hybridized carbons (Fsp3) is 0.211. The smallest absolute Gasteiger partial charge is 0.236 e. The van der Waals surface area contributed by atoms with Gasteiger partial charge in [-0.2, -0.15) is 4.98 Å². The SMILES string of the molecule is O=S(=O)(c1ccccc1)c1nc(-c2ccc(Br)cc2)oc1N1CCOCC1. The summed E-state index contributed by atoms with van der Waals surface area (Å²) in [7, 11) is -3.81. The molecule has 1 fully saturated rings. The number of hydrogen-bond donors (Lipinski definition) is 0. The van der Waals surface area contributed by atoms with Gasteiger partial charge in [0.2, 0.25) is 26.6 Å². The van der Waals surface area contributed by atoms with E-state index in [0.717, 1.165) is 4.47 Å². The highest BCUT2D eigenvalue weighted by Crippen LogP contribution is 2.35. The van der Waals surface area contributed by atoms with E-state index < -0.39 is 9.84 Å². The van der Waals surface area contributed by atoms with E-state index in [9.17, 15) is 8.42 Å². The van der Waals surface area contributed by atoms with Crippen LogP contribution in [0, 0.1) is 0 Å². The average Bonchev–Trinajstić information content (AvgIpc) is 3.16. The molecule has 0 unspecified atom stereocenters. The van der Waals surface area contributed by atoms with Crippen LogP contribution in [0.25, 0.3) is 11.5 Å². The van der Waals surface area contributed by atoms with Crippen LogP contribution in [0.1, 0.15) is 0 Å². The van der Waals surface area contributed by atoms with E-state index in [1.807, 2.05) is 29.2 Å². The lowest BCUT2D eigenvalue weighted by Gasteiger charge is -2.26. The molecule has 2 heterocycles. The van der Waals surface area contributed by atoms with Gasteiger partial charge >= 0.3 is 0 Å². The molecule has 1 aliphatic heterocycles. The second kappa shape index (κ2) is 7.46. The summed E-state index contributed by atoms with van der Waals surface area (Å²) in [5.74, 6) is 0.540. The fourth-order valence-corrected chi connectivity index (χ4v) is 4.47. The predicted octanol–water partition coefficient (Wildman–Crippen LogP) is 3.77. The summed E-state index contributed by atoms with van der Waals surface area (Å²) in [6.45, 7) is 2.12. The van der Waals surface area contributed by atoms with Gasteiger partial charge in [0.15, 0.2) is 0 Å². The van der Waals surface area contributed by atoms with Crippen LogP contribution in [0.15, 0.2) is 73.4 Å². The van der Waals surface area contributed by atoms with E-state index in [-0.39, 0.29) is 21.7 Å². The maximum Gasteiger partial charge on any atom is 0.236 e. The van der Waals surface area contributed by atoms with E-state index in [4.69, 9.17) is 9.15 Å². The lowest BCUT2D eigenvalue weighted by molar-refractivity contribution is 0.120. The average molecular weight is 449 g/mol. The van der Waals surface area contributed by atoms with Crippen molar-refractivity contribution in [3.05, 3.63) is 59.1 Å². The van der Waals surface area contributed by atoms with Crippen molar-refractivity contribution in [1.29, 1.82) is 0 Å². The second-order valence-electron chi connectivity index (χ2n) is 6.05. The molecule has 0 N–H and O–H groups in total. The van der Waals surface area contributed by atoms with Crippen LogP contribution in [0.5, 0.6) is 0 Å². The van der Waals surface area contributed by atoms with Crippen molar-refractivity contribution in [2.75, 3.05) is 31.2 Å². The number of aromatic nitrogens is 1. The Morgan fingerprint density at radius 2 is 1.63 bits per heavy atom. The summed E-state index contributed by atoms with van der Waals surface area (Å²) in [5, 5.41) is -0.0616. The van der Waals surface area contributed by atoms with Gasteiger partial charge in [-0.25, -0.2) is 8.42 Å². The van der Waals surface area contributed by atoms with Gasteiger partial charge in [0.05, 0.1) is 18.1 Å². The number of nitrogens with zero attached hydrogens (tertiary/aromatic N) is 2. The highest BCUT2D eigenvalue weighted by atomic mass is 79.9. The van der Waals surface area contributed by atoms with Crippen molar-refractivity contribution in [2.45, 2.75) is 9.92 Å². The van der Waals surface area contributed by atoms with Gasteiger partial charge in [-0.05, 0) is 36.4 Å². The van der Waals surface area contributed by atoms with Crippen LogP contribution in [-0.2, 0) is 14.6 Å². The predicted molar refractivity (Wildman–Crippen MR) is 105 cm³/mol. The third-order valence-corrected chi connectivity index (χ3v) is 6.47. The third kappa shape index (κ3) is 3.65. The minimum absolute atomic E-state index is 0.0616. The van der Waals surface area contributed by atoms with Crippen LogP contribution in [0.2, 0.25) is 0 Å². The number of anilines is 1. The molecule has 0 radical (unpaired) electrons. The van der Waals surface area contributed by atoms with Gasteiger partial charge < -0.3 is 14.1 Å². The first-order valence-electron chi connectivity index (χ1n) is 8.45. The number of ether oxygens (including phenoxy) is 1. The van der Waals surface area contributed by atoms with Crippen LogP contribution in [-0.4, -0.2) is 39.7 Å². The lowest BCUT2D eigenvalue weighted by atomic mass is 10.2. The minimum atomic E-state index is -3.81. The molecule has 1 aromatic heterocycles. The summed E-state index contributed by atoms with van der Waals surface area (Å²) in [6.07, 6.45) is 0. The second-order valence-corrected chi connectivity index (χ2v) is 8.83. The van der Waals surface area contributed by atoms with E-state index in [1.54, 1.807) is 30.3 Å². The van der Waals surface area contributed by atoms with E-state index in [2.05, 4.69) is 20.9 Å². The van der Waals surface area contributed by atoms with Crippen LogP contribution in [0.3, 0.4) is 0 Å². The van der Waals surface area contributed by atoms with Gasteiger partial charge in [-0.1, -0.05) is 34.1 Å². The normalized spacial score (nSPS) is 15.1. The molecule has 0 bridgehead atoms. The van der Waals surface area contributed by atoms with Crippen molar-refractivity contribution in [3.63, 3.8) is 0 Å². The highest BCUT2D eigenvalue weighted by molar-refractivity contribution is 9.10. The topological polar surface area (TPSA) is 72.6 Å². The Morgan fingerprint density at radius 3 is 2.30 bits per heavy atom. The number of rotatable bonds is 4. The summed E-state index contributed by atoms with van der Waals surface area (Å²) < 4.78 is 38.7. The number of sulfone groups is 1. The molecule has 2 aromatic carbocycles. The molecule has 0 aliphatic carbocycles. The molecule has 3 aromatic rings. The van der Waals surface area contributed by atoms with Gasteiger partial charge in [-0.15, -0.1) is 0 Å². The molecule has 140 valence electrons. The van der Waals surface area contributed by atoms with Gasteiger partial charge in [0.1, 0.15) is 0 Å². The first-order chi connectivity index (χ1) is 13.1. The highest BCUT2D eigenvalue weighted by Gasteiger charge is 2.32. The number of morpholine rings is 1. The molecular formula is C19H17BrN2O4S. The molecule has 0 amide bonds. The quantitative estimate of drug-likeness (QED) is 0.604. The Kier molecular flexibility index (Phi) is 5.03. The Bertz CT molecular complexity index is 1030. The van der Waals surface area contributed by atoms with Crippen LogP contribution >= 0.6 is 15.9 Å². The molecule has 6 nitrogen and oxygen atoms in total. The van der Waals surface area contributed by atoms with E-state index >= 15 is 0 Å². The zero-order chi connectivity index (χ0) is 18.9. The largest absolute Gasteiger partial charge is 0.419 e. The standard InChI is InChI=1S/C19H17BrN2O4S/c20-15-8-6-14(7-9-15)17-21-18(19(26-17)22-10-12-25-13-11-22)27(23,24)16-4-2-1-3-5-16/h1-9H,10-13H2. The molecule has 8 heteroatoms. The molecule has 27 heavy (non-hydrogen) atoms. The first-order valence-corrected chi connectivity index (χ1v) is 10.7. The Balaban J connectivity index is 1.84. The minimum Gasteiger partial charge on any atom is -0.419 e. The first kappa shape index (κ1) is 18.2. The van der Waals surface area contributed by atoms with E-state index in [0.29, 0.717) is 31.9 Å². The maximum atomic E-state index is 13.2. The Hall–Kier alpha value is -2.16. The Labute approximate surface area is 165 Å². The molecule has 0 spiro atoms. The third-order valence-electron chi connectivity index (χ3n) is 4.28. The maximum absolute atomic E-state index is 13.2. The van der Waals surface area contributed by atoms with Crippen LogP contribution in [0.4, 0.5) is 5.88 Å². The summed E-state index contributed by atoms with van der Waals surface area (Å²) in [4.78, 5) is 6.44. The summed E-state index contributed by atoms with van der Waals surface area (Å²) >= 11 is 3.39. The Morgan fingerprint density at radius 1 is 0.963 bits per heavy atom. The molecule has 1 saturated heterocycles. The number of halogens is 1. The van der Waals surface area contributed by atoms with Gasteiger partial charge in [-0.3, -0.25) is 0 Å². The number of benzene rings is 2. The van der Waals surface area contributed by atoms with E-state index in [1.165, 1.54) is 0 Å². The summed E-state index contributed by atoms with van der Waals surface area (Å²) in [5.41, 5.74) is 0.710. The van der Waals surface area contributed by atoms with Crippen molar-refractivity contribution in [2.24, 2.45) is 0 Å². The monoisotopic (exact) mass is 448 g/mol. The lowest BCUT2D eigenvalue weighted by Crippen LogP contribution is -2.36. The zero-order valence-electron chi connectivity index (χ0n) is 14.3. The van der Waals surface area contributed by atoms with Crippen molar-refractivity contribution >= 4 is 31.7 Å². The van der Waals surface area contributed by atoms with Crippen molar-refractivity contribution in [1.82, 2.24) is 4.98 Å². The van der Waals surface area contributed by atoms with Crippen molar-refractivity contribution < 1.29 is 17.6 Å². The zero-order valence-corrected chi connectivity index (χ0v) is 16.7. The molecular weight excluding hydrogens is 432 g/mol. The summed E-state index contributed by atoms with van der Waals surface area (Å²) in [6, 6.07) is 15.7. The number of hydrogen-bond acceptors (Lipinski definition) is 6. The van der Waals surface area contributed by atoms with Crippen LogP contribution < -0.4 is 4.90 Å². The molecule has 1 aliphatic rings. The number of oxazole rings is 1. The van der Waals surface area contributed by atoms with Crippen molar-refractivity contribution in [3.8, 4) is 11.5 Å². The van der Waals surface area contributed by atoms with Gasteiger partial charge in [0.25, 0.3) is 0 Å². The molecule has 0 atom stereocenters.